The predicted octanol–water partition coefficient (Wildman–Crippen LogP) is 1.84. The van der Waals surface area contributed by atoms with Crippen LogP contribution in [0, 0.1) is 0 Å². The highest BCUT2D eigenvalue weighted by molar-refractivity contribution is 5.96. The second-order valence-electron chi connectivity index (χ2n) is 6.53. The number of rotatable bonds is 2. The molecule has 0 saturated carbocycles. The van der Waals surface area contributed by atoms with E-state index in [0.717, 1.165) is 6.42 Å². The highest BCUT2D eigenvalue weighted by Crippen LogP contribution is 2.30. The van der Waals surface area contributed by atoms with E-state index >= 15 is 0 Å². The maximum absolute atomic E-state index is 12.8. The lowest BCUT2D eigenvalue weighted by Crippen LogP contribution is -2.50. The van der Waals surface area contributed by atoms with Gasteiger partial charge in [-0.2, -0.15) is 0 Å². The zero-order valence-corrected chi connectivity index (χ0v) is 15.0. The van der Waals surface area contributed by atoms with Gasteiger partial charge in [0.15, 0.2) is 11.5 Å². The van der Waals surface area contributed by atoms with E-state index in [1.807, 2.05) is 0 Å². The third-order valence-corrected chi connectivity index (χ3v) is 4.78. The molecule has 7 heteroatoms. The highest BCUT2D eigenvalue weighted by atomic mass is 16.5. The summed E-state index contributed by atoms with van der Waals surface area (Å²) < 4.78 is 11.3. The minimum Gasteiger partial charge on any atom is -0.490 e. The minimum absolute atomic E-state index is 0.0277. The molecule has 0 unspecified atom stereocenters. The summed E-state index contributed by atoms with van der Waals surface area (Å²) in [5.74, 6) is 1.21. The third-order valence-electron chi connectivity index (χ3n) is 4.78. The van der Waals surface area contributed by atoms with Crippen molar-refractivity contribution in [3.63, 3.8) is 0 Å². The first kappa shape index (κ1) is 17.3. The van der Waals surface area contributed by atoms with Crippen LogP contribution in [0.5, 0.6) is 11.5 Å². The average molecular weight is 367 g/mol. The summed E-state index contributed by atoms with van der Waals surface area (Å²) in [5, 5.41) is 0. The van der Waals surface area contributed by atoms with Crippen LogP contribution in [-0.4, -0.2) is 66.0 Å². The quantitative estimate of drug-likeness (QED) is 0.810. The van der Waals surface area contributed by atoms with Crippen molar-refractivity contribution < 1.29 is 19.1 Å². The number of carbonyl (C=O) groups is 2. The number of pyridine rings is 1. The highest BCUT2D eigenvalue weighted by Gasteiger charge is 2.26. The van der Waals surface area contributed by atoms with E-state index in [4.69, 9.17) is 9.47 Å². The first-order chi connectivity index (χ1) is 13.2. The Kier molecular flexibility index (Phi) is 4.91. The van der Waals surface area contributed by atoms with Gasteiger partial charge >= 0.3 is 0 Å². The van der Waals surface area contributed by atoms with Crippen molar-refractivity contribution in [2.45, 2.75) is 6.42 Å². The van der Waals surface area contributed by atoms with Gasteiger partial charge in [-0.05, 0) is 30.3 Å². The molecule has 0 N–H and O–H groups in total. The summed E-state index contributed by atoms with van der Waals surface area (Å²) in [5.41, 5.74) is 1.20. The topological polar surface area (TPSA) is 72.0 Å². The van der Waals surface area contributed by atoms with Crippen LogP contribution in [0.2, 0.25) is 0 Å². The molecule has 4 rings (SSSR count). The number of piperazine rings is 1. The van der Waals surface area contributed by atoms with E-state index in [9.17, 15) is 9.59 Å². The molecule has 140 valence electrons. The molecule has 2 amide bonds. The molecule has 0 aliphatic carbocycles. The molecule has 1 aromatic heterocycles. The van der Waals surface area contributed by atoms with Gasteiger partial charge in [0.2, 0.25) is 0 Å². The maximum atomic E-state index is 12.8. The molecular formula is C20H21N3O4. The van der Waals surface area contributed by atoms with Gasteiger partial charge in [-0.15, -0.1) is 0 Å². The number of carbonyl (C=O) groups excluding carboxylic acids is 2. The predicted molar refractivity (Wildman–Crippen MR) is 98.1 cm³/mol. The number of nitrogens with zero attached hydrogens (tertiary/aromatic N) is 3. The number of hydrogen-bond donors (Lipinski definition) is 0. The van der Waals surface area contributed by atoms with Crippen molar-refractivity contribution in [1.82, 2.24) is 14.8 Å². The Hall–Kier alpha value is -3.09. The molecular weight excluding hydrogens is 346 g/mol. The molecule has 1 aromatic carbocycles. The van der Waals surface area contributed by atoms with Crippen LogP contribution in [0.3, 0.4) is 0 Å². The number of hydrogen-bond acceptors (Lipinski definition) is 5. The van der Waals surface area contributed by atoms with Gasteiger partial charge in [-0.25, -0.2) is 0 Å². The molecule has 0 bridgehead atoms. The normalized spacial score (nSPS) is 16.6. The molecule has 0 spiro atoms. The Labute approximate surface area is 157 Å². The summed E-state index contributed by atoms with van der Waals surface area (Å²) in [6.07, 6.45) is 4.04. The molecule has 0 radical (unpaired) electrons. The van der Waals surface area contributed by atoms with Crippen LogP contribution in [0.15, 0.2) is 42.7 Å². The molecule has 2 aliphatic rings. The Morgan fingerprint density at radius 1 is 0.778 bits per heavy atom. The SMILES string of the molecule is O=C(c1ccncc1)N1CCN(C(=O)c2ccc3c(c2)OCCCO3)CC1. The zero-order chi connectivity index (χ0) is 18.6. The van der Waals surface area contributed by atoms with Gasteiger partial charge in [-0.1, -0.05) is 0 Å². The van der Waals surface area contributed by atoms with Crippen molar-refractivity contribution >= 4 is 11.8 Å². The lowest BCUT2D eigenvalue weighted by atomic mass is 10.1. The number of aromatic nitrogens is 1. The molecule has 27 heavy (non-hydrogen) atoms. The van der Waals surface area contributed by atoms with Gasteiger partial charge in [0.25, 0.3) is 11.8 Å². The van der Waals surface area contributed by atoms with Crippen LogP contribution in [-0.2, 0) is 0 Å². The smallest absolute Gasteiger partial charge is 0.254 e. The first-order valence-corrected chi connectivity index (χ1v) is 9.10. The van der Waals surface area contributed by atoms with Crippen LogP contribution < -0.4 is 9.47 Å². The number of ether oxygens (including phenoxy) is 2. The fourth-order valence-corrected chi connectivity index (χ4v) is 3.27. The molecule has 7 nitrogen and oxygen atoms in total. The first-order valence-electron chi connectivity index (χ1n) is 9.10. The lowest BCUT2D eigenvalue weighted by Gasteiger charge is -2.35. The second kappa shape index (κ2) is 7.65. The van der Waals surface area contributed by atoms with Crippen LogP contribution in [0.25, 0.3) is 0 Å². The second-order valence-corrected chi connectivity index (χ2v) is 6.53. The number of amides is 2. The Balaban J connectivity index is 1.40. The molecule has 0 atom stereocenters. The van der Waals surface area contributed by atoms with Gasteiger partial charge in [-0.3, -0.25) is 14.6 Å². The molecule has 3 heterocycles. The van der Waals surface area contributed by atoms with Gasteiger partial charge in [0.05, 0.1) is 13.2 Å². The van der Waals surface area contributed by atoms with Crippen molar-refractivity contribution in [2.75, 3.05) is 39.4 Å². The maximum Gasteiger partial charge on any atom is 0.254 e. The van der Waals surface area contributed by atoms with Gasteiger partial charge in [0, 0.05) is 56.1 Å². The Morgan fingerprint density at radius 3 is 2.04 bits per heavy atom. The Morgan fingerprint density at radius 2 is 1.37 bits per heavy atom. The van der Waals surface area contributed by atoms with Gasteiger partial charge < -0.3 is 19.3 Å². The van der Waals surface area contributed by atoms with E-state index in [1.54, 1.807) is 52.5 Å². The summed E-state index contributed by atoms with van der Waals surface area (Å²) >= 11 is 0. The summed E-state index contributed by atoms with van der Waals surface area (Å²) in [6.45, 7) is 3.23. The molecule has 2 aliphatic heterocycles. The molecule has 1 saturated heterocycles. The largest absolute Gasteiger partial charge is 0.490 e. The van der Waals surface area contributed by atoms with E-state index in [-0.39, 0.29) is 11.8 Å². The third kappa shape index (κ3) is 3.72. The molecule has 2 aromatic rings. The summed E-state index contributed by atoms with van der Waals surface area (Å²) in [7, 11) is 0. The van der Waals surface area contributed by atoms with E-state index < -0.39 is 0 Å². The number of fused-ring (bicyclic) bond motifs is 1. The molecule has 1 fully saturated rings. The van der Waals surface area contributed by atoms with E-state index in [0.29, 0.717) is 62.0 Å². The fraction of sp³-hybridized carbons (Fsp3) is 0.350. The monoisotopic (exact) mass is 367 g/mol. The van der Waals surface area contributed by atoms with Crippen LogP contribution in [0.4, 0.5) is 0 Å². The van der Waals surface area contributed by atoms with Crippen molar-refractivity contribution in [2.24, 2.45) is 0 Å². The van der Waals surface area contributed by atoms with Crippen molar-refractivity contribution in [3.8, 4) is 11.5 Å². The average Bonchev–Trinajstić information content (AvgIpc) is 2.98. The number of benzene rings is 1. The lowest BCUT2D eigenvalue weighted by molar-refractivity contribution is 0.0535. The fourth-order valence-electron chi connectivity index (χ4n) is 3.27. The van der Waals surface area contributed by atoms with E-state index in [2.05, 4.69) is 4.98 Å². The zero-order valence-electron chi connectivity index (χ0n) is 15.0. The van der Waals surface area contributed by atoms with Crippen LogP contribution >= 0.6 is 0 Å². The summed E-state index contributed by atoms with van der Waals surface area (Å²) in [4.78, 5) is 32.8. The summed E-state index contributed by atoms with van der Waals surface area (Å²) in [6, 6.07) is 8.72. The van der Waals surface area contributed by atoms with Crippen LogP contribution in [0.1, 0.15) is 27.1 Å². The van der Waals surface area contributed by atoms with Crippen molar-refractivity contribution in [3.05, 3.63) is 53.9 Å². The van der Waals surface area contributed by atoms with Gasteiger partial charge in [0.1, 0.15) is 0 Å². The standard InChI is InChI=1S/C20H21N3O4/c24-19(15-4-6-21-7-5-15)22-8-10-23(11-9-22)20(25)16-2-3-17-18(14-16)27-13-1-12-26-17/h2-7,14H,1,8-13H2. The minimum atomic E-state index is -0.0540. The van der Waals surface area contributed by atoms with Crippen molar-refractivity contribution in [1.29, 1.82) is 0 Å². The van der Waals surface area contributed by atoms with E-state index in [1.165, 1.54) is 0 Å². The Bertz CT molecular complexity index is 832.